The molecule has 5 aromatic heterocycles. The molecule has 30 nitrogen and oxygen atoms in total. The first kappa shape index (κ1) is 88.9. The van der Waals surface area contributed by atoms with Crippen LogP contribution in [0.25, 0.3) is 11.1 Å². The van der Waals surface area contributed by atoms with E-state index in [1.54, 1.807) is 157 Å². The Morgan fingerprint density at radius 1 is 0.427 bits per heavy atom. The van der Waals surface area contributed by atoms with Crippen LogP contribution < -0.4 is 36.0 Å². The number of ether oxygens (including phenoxy) is 5. The number of nitrogens with one attached hydrogen (secondary N) is 3. The number of rotatable bonds is 18. The molecule has 5 aromatic carbocycles. The molecule has 0 aliphatic carbocycles. The van der Waals surface area contributed by atoms with Crippen molar-refractivity contribution in [2.24, 2.45) is 0 Å². The van der Waals surface area contributed by atoms with E-state index >= 15 is 0 Å². The highest BCUT2D eigenvalue weighted by Crippen LogP contribution is 2.25. The first-order valence-electron chi connectivity index (χ1n) is 37.0. The molecule has 5 N–H and O–H groups in total. The number of aromatic nitrogens is 5. The third kappa shape index (κ3) is 27.6. The van der Waals surface area contributed by atoms with Crippen LogP contribution in [0.1, 0.15) is 85.0 Å². The van der Waals surface area contributed by atoms with Gasteiger partial charge in [-0.05, 0) is 121 Å². The van der Waals surface area contributed by atoms with Crippen molar-refractivity contribution in [3.8, 4) is 0 Å². The molecule has 4 saturated heterocycles. The normalized spacial score (nSPS) is 13.7. The minimum atomic E-state index is -1.01. The van der Waals surface area contributed by atoms with Crippen molar-refractivity contribution in [1.29, 1.82) is 0 Å². The van der Waals surface area contributed by atoms with Crippen molar-refractivity contribution < 1.29 is 71.9 Å². The van der Waals surface area contributed by atoms with Gasteiger partial charge in [-0.3, -0.25) is 29.7 Å². The summed E-state index contributed by atoms with van der Waals surface area (Å²) in [5, 5.41) is 26.3. The van der Waals surface area contributed by atoms with Crippen LogP contribution in [0.3, 0.4) is 0 Å². The van der Waals surface area contributed by atoms with E-state index < -0.39 is 11.7 Å². The Balaban J connectivity index is 0.000000175. The number of aromatic carboxylic acids is 1. The first-order chi connectivity index (χ1) is 56.2. The number of amides is 4. The Morgan fingerprint density at radius 2 is 0.761 bits per heavy atom. The molecule has 4 aliphatic heterocycles. The van der Waals surface area contributed by atoms with Gasteiger partial charge in [-0.15, -0.1) is 0 Å². The molecule has 10 aromatic rings. The van der Waals surface area contributed by atoms with E-state index in [9.17, 15) is 38.4 Å². The minimum absolute atomic E-state index is 0. The van der Waals surface area contributed by atoms with Crippen LogP contribution in [0, 0.1) is 0 Å². The molecule has 0 atom stereocenters. The molecule has 0 bridgehead atoms. The maximum absolute atomic E-state index is 12.8. The summed E-state index contributed by atoms with van der Waals surface area (Å²) in [5.41, 5.74) is 9.71. The van der Waals surface area contributed by atoms with Crippen LogP contribution in [0.5, 0.6) is 0 Å². The molecule has 14 rings (SSSR count). The molecular weight excluding hydrogens is 1590 g/mol. The fourth-order valence-corrected chi connectivity index (χ4v) is 12.4. The lowest BCUT2D eigenvalue weighted by molar-refractivity contribution is 0.0516. The monoisotopic (exact) mass is 1680 g/mol. The van der Waals surface area contributed by atoms with Crippen LogP contribution in [0.4, 0.5) is 42.8 Å². The number of halogens is 4. The van der Waals surface area contributed by atoms with Crippen LogP contribution in [-0.4, -0.2) is 210 Å². The SMILES string of the molecule is C.CCOC(=O)c1cncc(N2CCN(C(=O)OCc3ccc(Cl)cc3)CC2)c1.CCOC(=O)c1cncc(N2CCNCC2)c1.O=C(Nc1ccc2[nH]c(=O)oc2c1)c1cncc(N2CCN(C(=O)OCc3ccc(Cl)cc3)CC2)c1.O=C(O)c1cncc(N2CCN(C(=O)OCc3ccc(Cl)cc3)CC2)c1.OCc1ccc(Cl)cc1. The van der Waals surface area contributed by atoms with Crippen molar-refractivity contribution in [2.75, 3.05) is 143 Å². The van der Waals surface area contributed by atoms with E-state index in [-0.39, 0.29) is 75.5 Å². The quantitative estimate of drug-likeness (QED) is 0.0393. The molecule has 0 unspecified atom stereocenters. The summed E-state index contributed by atoms with van der Waals surface area (Å²) in [6, 6.07) is 40.4. The summed E-state index contributed by atoms with van der Waals surface area (Å²) in [6.45, 7) is 15.3. The fourth-order valence-electron chi connectivity index (χ4n) is 11.9. The van der Waals surface area contributed by atoms with Crippen molar-refractivity contribution in [3.05, 3.63) is 264 Å². The van der Waals surface area contributed by atoms with Crippen molar-refractivity contribution in [1.82, 2.24) is 44.9 Å². The number of carbonyl (C=O) groups is 7. The molecule has 9 heterocycles. The number of anilines is 5. The number of aliphatic hydroxyl groups is 1. The highest BCUT2D eigenvalue weighted by atomic mass is 35.5. The summed E-state index contributed by atoms with van der Waals surface area (Å²) in [7, 11) is 0. The lowest BCUT2D eigenvalue weighted by Crippen LogP contribution is -2.49. The van der Waals surface area contributed by atoms with Gasteiger partial charge in [-0.1, -0.05) is 102 Å². The number of nitrogens with zero attached hydrogens (tertiary/aromatic N) is 11. The van der Waals surface area contributed by atoms with Gasteiger partial charge in [0, 0.05) is 161 Å². The van der Waals surface area contributed by atoms with Crippen LogP contribution in [0.15, 0.2) is 198 Å². The van der Waals surface area contributed by atoms with Gasteiger partial charge in [-0.25, -0.2) is 33.6 Å². The van der Waals surface area contributed by atoms with E-state index in [1.165, 1.54) is 18.6 Å². The average Bonchev–Trinajstić information content (AvgIpc) is 1.81. The standard InChI is InChI=1S/C25H22ClN5O5.C20H22ClN3O4.C18H18ClN3O4.C12H17N3O2.C7H7ClO.CH4/c26-18-3-1-16(2-4-18)15-35-25(34)31-9-7-30(8-10-31)20-11-17(13-27-14-20)23(32)28-19-5-6-21-22(12-19)36-24(33)29-21;1-2-27-19(25)16-11-18(13-22-12-16)23-7-9-24(10-8-23)20(26)28-14-15-3-5-17(21)6-4-15;19-15-3-1-13(2-4-15)12-26-18(25)22-7-5-21(6-8-22)16-9-14(17(23)24)10-20-11-16;1-2-17-12(16)10-7-11(9-14-8-10)15-5-3-13-4-6-15;8-7-3-1-6(5-9)2-4-7;/h1-6,11-14H,7-10,15H2,(H,28,32)(H,29,33);3-6,11-13H,2,7-10,14H2,1H3;1-4,9-11H,5-8,12H2,(H,23,24);7-9,13H,2-6H2,1H3;1-4,9H,5H2;1H4. The zero-order chi connectivity index (χ0) is 82.3. The predicted molar refractivity (Wildman–Crippen MR) is 446 cm³/mol. The highest BCUT2D eigenvalue weighted by molar-refractivity contribution is 6.31. The van der Waals surface area contributed by atoms with Crippen LogP contribution in [-0.2, 0) is 50.1 Å². The van der Waals surface area contributed by atoms with Crippen LogP contribution in [0.2, 0.25) is 20.1 Å². The summed E-state index contributed by atoms with van der Waals surface area (Å²) >= 11 is 23.2. The van der Waals surface area contributed by atoms with Gasteiger partial charge in [0.1, 0.15) is 19.8 Å². The third-order valence-corrected chi connectivity index (χ3v) is 19.2. The summed E-state index contributed by atoms with van der Waals surface area (Å²) in [5.74, 6) is -2.60. The zero-order valence-electron chi connectivity index (χ0n) is 63.5. The topological polar surface area (TPSA) is 350 Å². The smallest absolute Gasteiger partial charge is 0.417 e. The van der Waals surface area contributed by atoms with E-state index in [4.69, 9.17) is 84.7 Å². The van der Waals surface area contributed by atoms with Gasteiger partial charge in [0.2, 0.25) is 0 Å². The number of carbonyl (C=O) groups excluding carboxylic acids is 6. The van der Waals surface area contributed by atoms with Gasteiger partial charge >= 0.3 is 41.9 Å². The number of carboxylic acids is 1. The second-order valence-corrected chi connectivity index (χ2v) is 27.9. The third-order valence-electron chi connectivity index (χ3n) is 18.2. The number of carboxylic acid groups (broad SMARTS) is 1. The molecule has 616 valence electrons. The number of hydrogen-bond donors (Lipinski definition) is 5. The Bertz CT molecular complexity index is 4970. The van der Waals surface area contributed by atoms with Crippen molar-refractivity contribution >= 4 is 128 Å². The Labute approximate surface area is 695 Å². The number of oxazole rings is 1. The maximum atomic E-state index is 12.8. The van der Waals surface area contributed by atoms with E-state index in [0.29, 0.717) is 145 Å². The number of benzene rings is 5. The molecule has 0 saturated carbocycles. The summed E-state index contributed by atoms with van der Waals surface area (Å²) < 4.78 is 31.1. The van der Waals surface area contributed by atoms with E-state index in [1.807, 2.05) is 47.4 Å². The predicted octanol–water partition coefficient (Wildman–Crippen LogP) is 13.3. The van der Waals surface area contributed by atoms with Gasteiger partial charge in [0.15, 0.2) is 5.58 Å². The number of fused-ring (bicyclic) bond motifs is 1. The van der Waals surface area contributed by atoms with E-state index in [2.05, 4.69) is 50.3 Å². The number of aliphatic hydroxyl groups excluding tert-OH is 1. The molecule has 0 radical (unpaired) electrons. The first-order valence-corrected chi connectivity index (χ1v) is 38.5. The van der Waals surface area contributed by atoms with Gasteiger partial charge < -0.3 is 83.2 Å². The number of pyridine rings is 4. The lowest BCUT2D eigenvalue weighted by atomic mass is 10.2. The molecule has 4 amide bonds. The number of piperazine rings is 4. The molecule has 4 aliphatic rings. The van der Waals surface area contributed by atoms with Gasteiger partial charge in [0.25, 0.3) is 5.91 Å². The number of aromatic amines is 1. The largest absolute Gasteiger partial charge is 0.478 e. The van der Waals surface area contributed by atoms with Gasteiger partial charge in [-0.2, -0.15) is 0 Å². The summed E-state index contributed by atoms with van der Waals surface area (Å²) in [6.07, 6.45) is 11.6. The Morgan fingerprint density at radius 3 is 1.12 bits per heavy atom. The number of esters is 2. The molecular formula is C83H90Cl4N14O16. The highest BCUT2D eigenvalue weighted by Gasteiger charge is 2.27. The van der Waals surface area contributed by atoms with Gasteiger partial charge in [0.05, 0.1) is 95.1 Å². The summed E-state index contributed by atoms with van der Waals surface area (Å²) in [4.78, 5) is 128. The van der Waals surface area contributed by atoms with Crippen LogP contribution >= 0.6 is 46.4 Å². The number of H-pyrrole nitrogens is 1. The van der Waals surface area contributed by atoms with E-state index in [0.717, 1.165) is 71.2 Å². The molecule has 117 heavy (non-hydrogen) atoms. The average molecular weight is 1680 g/mol. The van der Waals surface area contributed by atoms with Crippen molar-refractivity contribution in [3.63, 3.8) is 0 Å². The molecule has 34 heteroatoms. The lowest BCUT2D eigenvalue weighted by Gasteiger charge is -2.35. The second-order valence-electron chi connectivity index (χ2n) is 26.1. The molecule has 0 spiro atoms. The molecule has 4 fully saturated rings. The minimum Gasteiger partial charge on any atom is -0.478 e. The zero-order valence-corrected chi connectivity index (χ0v) is 66.5. The van der Waals surface area contributed by atoms with Crippen molar-refractivity contribution in [2.45, 2.75) is 47.7 Å². The Kier molecular flexibility index (Phi) is 34.4. The second kappa shape index (κ2) is 45.3. The maximum Gasteiger partial charge on any atom is 0.417 e. The number of hydrogen-bond acceptors (Lipinski definition) is 24. The Hall–Kier alpha value is -12.1. The fraction of sp³-hybridized carbons (Fsp3) is 0.301.